The second kappa shape index (κ2) is 17.7. The summed E-state index contributed by atoms with van der Waals surface area (Å²) in [6.07, 6.45) is -3.28. The number of nitrogens with two attached hydrogens (primary N) is 2. The van der Waals surface area contributed by atoms with E-state index in [2.05, 4.69) is 21.3 Å². The molecule has 0 spiro atoms. The molecule has 0 aliphatic carbocycles. The van der Waals surface area contributed by atoms with Crippen molar-refractivity contribution in [3.63, 3.8) is 0 Å². The summed E-state index contributed by atoms with van der Waals surface area (Å²) in [7, 11) is 0. The lowest BCUT2D eigenvalue weighted by molar-refractivity contribution is -0.146. The maximum Gasteiger partial charge on any atom is 0.305 e. The molecule has 7 amide bonds. The third kappa shape index (κ3) is 13.3. The van der Waals surface area contributed by atoms with E-state index >= 15 is 0 Å². The van der Waals surface area contributed by atoms with E-state index in [4.69, 9.17) is 21.7 Å². The molecule has 250 valence electrons. The number of nitrogens with one attached hydrogen (secondary N) is 4. The smallest absolute Gasteiger partial charge is 0.305 e. The number of nitrogens with zero attached hydrogens (tertiary/aromatic N) is 1. The zero-order chi connectivity index (χ0) is 34.4. The average Bonchev–Trinajstić information content (AvgIpc) is 3.41. The largest absolute Gasteiger partial charge is 0.481 e. The van der Waals surface area contributed by atoms with Crippen LogP contribution in [0.25, 0.3) is 0 Å². The van der Waals surface area contributed by atoms with Gasteiger partial charge in [-0.3, -0.25) is 47.9 Å². The Morgan fingerprint density at radius 3 is 1.71 bits per heavy atom. The van der Waals surface area contributed by atoms with Crippen LogP contribution in [0.5, 0.6) is 0 Å². The third-order valence-electron chi connectivity index (χ3n) is 6.52. The van der Waals surface area contributed by atoms with E-state index in [0.717, 1.165) is 11.8 Å². The highest BCUT2D eigenvalue weighted by Gasteiger charge is 2.40. The Balaban J connectivity index is 3.18. The number of rotatable bonds is 19. The SMILES string of the molecule is CC(=O)N[C@@H](CCC(N)=O)C(=O)N[C@@H](CC(=O)O)C(=O)N1CCC[C@H]1C(=O)N[C@@H](CCC(=O)O)C(=O)N[C@@H](CC(=O)O)C(N)=O. The van der Waals surface area contributed by atoms with Gasteiger partial charge in [-0.1, -0.05) is 0 Å². The van der Waals surface area contributed by atoms with Crippen molar-refractivity contribution in [1.82, 2.24) is 26.2 Å². The summed E-state index contributed by atoms with van der Waals surface area (Å²) in [6, 6.07) is -7.69. The van der Waals surface area contributed by atoms with Crippen LogP contribution in [-0.2, 0) is 47.9 Å². The molecule has 1 saturated heterocycles. The van der Waals surface area contributed by atoms with Crippen molar-refractivity contribution in [2.24, 2.45) is 11.5 Å². The van der Waals surface area contributed by atoms with Crippen LogP contribution in [0.3, 0.4) is 0 Å². The fourth-order valence-electron chi connectivity index (χ4n) is 4.43. The normalized spacial score (nSPS) is 16.6. The van der Waals surface area contributed by atoms with Crippen LogP contribution in [-0.4, -0.2) is 116 Å². The Bertz CT molecular complexity index is 1210. The maximum atomic E-state index is 13.4. The molecule has 0 aromatic carbocycles. The minimum atomic E-state index is -1.73. The average molecular weight is 644 g/mol. The van der Waals surface area contributed by atoms with Gasteiger partial charge in [0.1, 0.15) is 30.2 Å². The zero-order valence-corrected chi connectivity index (χ0v) is 24.3. The lowest BCUT2D eigenvalue weighted by atomic mass is 10.1. The summed E-state index contributed by atoms with van der Waals surface area (Å²) < 4.78 is 0. The molecule has 0 unspecified atom stereocenters. The van der Waals surface area contributed by atoms with Gasteiger partial charge in [0, 0.05) is 26.3 Å². The lowest BCUT2D eigenvalue weighted by Crippen LogP contribution is -2.59. The van der Waals surface area contributed by atoms with E-state index < -0.39 is 115 Å². The number of primary amides is 2. The minimum absolute atomic E-state index is 0.0225. The molecule has 1 aliphatic heterocycles. The van der Waals surface area contributed by atoms with Crippen LogP contribution in [0.1, 0.15) is 58.3 Å². The van der Waals surface area contributed by atoms with Crippen LogP contribution >= 0.6 is 0 Å². The Morgan fingerprint density at radius 1 is 0.711 bits per heavy atom. The van der Waals surface area contributed by atoms with Crippen molar-refractivity contribution in [3.05, 3.63) is 0 Å². The molecule has 0 saturated carbocycles. The van der Waals surface area contributed by atoms with Crippen molar-refractivity contribution in [2.45, 2.75) is 88.5 Å². The van der Waals surface area contributed by atoms with E-state index in [-0.39, 0.29) is 32.2 Å². The van der Waals surface area contributed by atoms with Crippen LogP contribution in [0.15, 0.2) is 0 Å². The number of carbonyl (C=O) groups is 10. The van der Waals surface area contributed by atoms with Crippen molar-refractivity contribution < 1.29 is 63.3 Å². The molecule has 20 heteroatoms. The molecule has 45 heavy (non-hydrogen) atoms. The minimum Gasteiger partial charge on any atom is -0.481 e. The number of carboxylic acid groups (broad SMARTS) is 3. The molecule has 0 aromatic rings. The lowest BCUT2D eigenvalue weighted by Gasteiger charge is -2.30. The van der Waals surface area contributed by atoms with Crippen molar-refractivity contribution in [1.29, 1.82) is 0 Å². The molecule has 1 rings (SSSR count). The second-order valence-electron chi connectivity index (χ2n) is 10.2. The quantitative estimate of drug-likeness (QED) is 0.0641. The summed E-state index contributed by atoms with van der Waals surface area (Å²) in [5.41, 5.74) is 10.2. The standard InChI is InChI=1S/C25H37N7O13/c1-11(33)28-12(4-6-17(26)34)22(42)31-15(10-20(39)40)25(45)32-8-2-3-16(32)24(44)29-13(5-7-18(35)36)23(43)30-14(21(27)41)9-19(37)38/h12-16H,2-10H2,1H3,(H2,26,34)(H2,27,41)(H,28,33)(H,29,44)(H,30,43)(H,31,42)(H,35,36)(H,37,38)(H,39,40)/t12-,13-,14-,15-,16-/m0/s1. The fourth-order valence-corrected chi connectivity index (χ4v) is 4.43. The molecular weight excluding hydrogens is 606 g/mol. The predicted octanol–water partition coefficient (Wildman–Crippen LogP) is -4.50. The zero-order valence-electron chi connectivity index (χ0n) is 24.3. The van der Waals surface area contributed by atoms with Gasteiger partial charge in [0.2, 0.25) is 41.4 Å². The summed E-state index contributed by atoms with van der Waals surface area (Å²) in [5, 5.41) is 36.2. The van der Waals surface area contributed by atoms with Gasteiger partial charge in [0.15, 0.2) is 0 Å². The number of hydrogen-bond donors (Lipinski definition) is 9. The van der Waals surface area contributed by atoms with E-state index in [1.54, 1.807) is 0 Å². The first-order valence-electron chi connectivity index (χ1n) is 13.6. The molecular formula is C25H37N7O13. The Hall–Kier alpha value is -5.30. The Labute approximate surface area is 255 Å². The molecule has 1 aliphatic rings. The molecule has 1 heterocycles. The first-order valence-corrected chi connectivity index (χ1v) is 13.6. The highest BCUT2D eigenvalue weighted by Crippen LogP contribution is 2.20. The Kier molecular flexibility index (Phi) is 14.9. The summed E-state index contributed by atoms with van der Waals surface area (Å²) >= 11 is 0. The van der Waals surface area contributed by atoms with Gasteiger partial charge < -0.3 is 53.0 Å². The molecule has 0 bridgehead atoms. The molecule has 5 atom stereocenters. The van der Waals surface area contributed by atoms with E-state index in [0.29, 0.717) is 0 Å². The highest BCUT2D eigenvalue weighted by atomic mass is 16.4. The van der Waals surface area contributed by atoms with Crippen molar-refractivity contribution in [2.75, 3.05) is 6.54 Å². The van der Waals surface area contributed by atoms with Gasteiger partial charge in [-0.25, -0.2) is 0 Å². The van der Waals surface area contributed by atoms with Gasteiger partial charge in [0.25, 0.3) is 0 Å². The van der Waals surface area contributed by atoms with Crippen LogP contribution in [0.2, 0.25) is 0 Å². The number of aliphatic carboxylic acids is 3. The first kappa shape index (κ1) is 37.7. The fraction of sp³-hybridized carbons (Fsp3) is 0.600. The third-order valence-corrected chi connectivity index (χ3v) is 6.52. The number of amides is 7. The van der Waals surface area contributed by atoms with Gasteiger partial charge >= 0.3 is 17.9 Å². The molecule has 20 nitrogen and oxygen atoms in total. The van der Waals surface area contributed by atoms with E-state index in [1.807, 2.05) is 0 Å². The van der Waals surface area contributed by atoms with Crippen LogP contribution in [0.4, 0.5) is 0 Å². The second-order valence-corrected chi connectivity index (χ2v) is 10.2. The van der Waals surface area contributed by atoms with Crippen LogP contribution < -0.4 is 32.7 Å². The number of hydrogen-bond acceptors (Lipinski definition) is 10. The monoisotopic (exact) mass is 643 g/mol. The molecule has 0 radical (unpaired) electrons. The Morgan fingerprint density at radius 2 is 1.22 bits per heavy atom. The predicted molar refractivity (Wildman–Crippen MR) is 147 cm³/mol. The van der Waals surface area contributed by atoms with Gasteiger partial charge in [-0.15, -0.1) is 0 Å². The van der Waals surface area contributed by atoms with Crippen LogP contribution in [0, 0.1) is 0 Å². The van der Waals surface area contributed by atoms with Gasteiger partial charge in [-0.05, 0) is 25.7 Å². The highest BCUT2D eigenvalue weighted by molar-refractivity contribution is 5.98. The van der Waals surface area contributed by atoms with Gasteiger partial charge in [0.05, 0.1) is 12.8 Å². The van der Waals surface area contributed by atoms with Crippen molar-refractivity contribution >= 4 is 59.3 Å². The van der Waals surface area contributed by atoms with E-state index in [9.17, 15) is 53.1 Å². The molecule has 0 aromatic heterocycles. The van der Waals surface area contributed by atoms with Gasteiger partial charge in [-0.2, -0.15) is 0 Å². The summed E-state index contributed by atoms with van der Waals surface area (Å²) in [5.74, 6) is -11.1. The maximum absolute atomic E-state index is 13.4. The number of carboxylic acids is 3. The number of carbonyl (C=O) groups excluding carboxylic acids is 7. The number of likely N-dealkylation sites (tertiary alicyclic amines) is 1. The van der Waals surface area contributed by atoms with Crippen molar-refractivity contribution in [3.8, 4) is 0 Å². The van der Waals surface area contributed by atoms with E-state index in [1.165, 1.54) is 0 Å². The first-order chi connectivity index (χ1) is 20.9. The summed E-state index contributed by atoms with van der Waals surface area (Å²) in [6.45, 7) is 1.01. The molecule has 11 N–H and O–H groups in total. The molecule has 1 fully saturated rings. The summed E-state index contributed by atoms with van der Waals surface area (Å²) in [4.78, 5) is 121. The topological polar surface area (TPSA) is 335 Å².